The number of fused-ring (bicyclic) bond motifs is 2. The summed E-state index contributed by atoms with van der Waals surface area (Å²) < 4.78 is 21.3. The number of nitrogens with one attached hydrogen (secondary N) is 1. The lowest BCUT2D eigenvalue weighted by Gasteiger charge is -2.45. The number of amides is 1. The fourth-order valence-electron chi connectivity index (χ4n) is 7.95. The second-order valence-electron chi connectivity index (χ2n) is 14.8. The maximum absolute atomic E-state index is 12.8. The van der Waals surface area contributed by atoms with Crippen LogP contribution >= 0.6 is 0 Å². The number of ether oxygens (including phenoxy) is 3. The molecule has 0 spiro atoms. The van der Waals surface area contributed by atoms with Crippen molar-refractivity contribution in [2.24, 2.45) is 11.8 Å². The van der Waals surface area contributed by atoms with Crippen molar-refractivity contribution in [3.8, 4) is 0 Å². The maximum Gasteiger partial charge on any atom is 0.224 e. The highest BCUT2D eigenvalue weighted by atomic mass is 16.8. The minimum atomic E-state index is -0.712. The molecule has 4 aliphatic rings. The SMILES string of the molecule is CC(C)N(CC[C@H]1O[C@@H](n2cnc3c(N)ncnc32)[C@@H]2OC(C)(C)O[C@@H]21)C1CC(CCC(=O)Nc2ccc(CC3CCC3)cc2N)C1. The van der Waals surface area contributed by atoms with E-state index >= 15 is 0 Å². The molecule has 5 N–H and O–H groups in total. The predicted molar refractivity (Wildman–Crippen MR) is 180 cm³/mol. The first-order valence-electron chi connectivity index (χ1n) is 17.4. The minimum absolute atomic E-state index is 0.0385. The molecule has 2 saturated heterocycles. The fraction of sp³-hybridized carbons (Fsp3) is 0.657. The van der Waals surface area contributed by atoms with Crippen molar-refractivity contribution in [1.82, 2.24) is 24.4 Å². The molecule has 1 amide bonds. The van der Waals surface area contributed by atoms with Crippen LogP contribution in [0.3, 0.4) is 0 Å². The average molecular weight is 647 g/mol. The Morgan fingerprint density at radius 3 is 2.60 bits per heavy atom. The van der Waals surface area contributed by atoms with Crippen LogP contribution in [0.25, 0.3) is 11.2 Å². The van der Waals surface area contributed by atoms with Crippen molar-refractivity contribution >= 4 is 34.3 Å². The van der Waals surface area contributed by atoms with E-state index in [0.717, 1.165) is 50.3 Å². The molecule has 2 aromatic heterocycles. The number of carbonyl (C=O) groups excluding carboxylic acids is 1. The highest BCUT2D eigenvalue weighted by molar-refractivity contribution is 5.93. The van der Waals surface area contributed by atoms with Gasteiger partial charge in [0.25, 0.3) is 0 Å². The van der Waals surface area contributed by atoms with Crippen LogP contribution in [0.4, 0.5) is 17.2 Å². The van der Waals surface area contributed by atoms with E-state index in [2.05, 4.69) is 45.1 Å². The molecule has 0 bridgehead atoms. The lowest BCUT2D eigenvalue weighted by Crippen LogP contribution is -2.49. The Labute approximate surface area is 276 Å². The minimum Gasteiger partial charge on any atom is -0.397 e. The number of hydrogen-bond donors (Lipinski definition) is 3. The topological polar surface area (TPSA) is 156 Å². The van der Waals surface area contributed by atoms with Crippen LogP contribution in [0.2, 0.25) is 0 Å². The highest BCUT2D eigenvalue weighted by Gasteiger charge is 2.56. The Balaban J connectivity index is 0.907. The standard InChI is InChI=1S/C35H50N8O4/c1-20(2)42(24-15-23(16-24)9-11-28(44)41-26-10-8-22(17-25(26)36)14-21-6-5-7-21)13-12-27-30-31(47-35(3,4)46-30)34(45-27)43-19-40-29-32(37)38-18-39-33(29)43/h8,10,17-21,23-24,27,30-31,34H,5-7,9,11-16,36H2,1-4H3,(H,41,44)(H2,37,38,39)/t23?,24?,27-,30-,31-,34-/m1/s1. The molecule has 3 aromatic rings. The van der Waals surface area contributed by atoms with Crippen LogP contribution in [0.1, 0.15) is 90.9 Å². The molecule has 2 saturated carbocycles. The van der Waals surface area contributed by atoms with Gasteiger partial charge in [-0.15, -0.1) is 0 Å². The largest absolute Gasteiger partial charge is 0.397 e. The Hall–Kier alpha value is -3.32. The molecule has 4 atom stereocenters. The molecular weight excluding hydrogens is 596 g/mol. The number of aromatic nitrogens is 4. The number of anilines is 3. The summed E-state index contributed by atoms with van der Waals surface area (Å²) in [5.74, 6) is 0.996. The Morgan fingerprint density at radius 1 is 1.09 bits per heavy atom. The van der Waals surface area contributed by atoms with Crippen molar-refractivity contribution in [3.05, 3.63) is 36.4 Å². The van der Waals surface area contributed by atoms with E-state index in [-0.39, 0.29) is 24.2 Å². The van der Waals surface area contributed by atoms with Crippen LogP contribution < -0.4 is 16.8 Å². The molecule has 0 unspecified atom stereocenters. The summed E-state index contributed by atoms with van der Waals surface area (Å²) >= 11 is 0. The van der Waals surface area contributed by atoms with Gasteiger partial charge >= 0.3 is 0 Å². The number of carbonyl (C=O) groups is 1. The van der Waals surface area contributed by atoms with Crippen LogP contribution in [-0.2, 0) is 25.4 Å². The number of nitrogen functional groups attached to an aromatic ring is 2. The van der Waals surface area contributed by atoms with Gasteiger partial charge in [-0.3, -0.25) is 14.3 Å². The van der Waals surface area contributed by atoms with Crippen LogP contribution in [-0.4, -0.2) is 73.1 Å². The number of imidazole rings is 1. The number of nitrogens with two attached hydrogens (primary N) is 2. The van der Waals surface area contributed by atoms with Crippen molar-refractivity contribution in [1.29, 1.82) is 0 Å². The molecule has 254 valence electrons. The zero-order valence-electron chi connectivity index (χ0n) is 28.1. The first-order valence-corrected chi connectivity index (χ1v) is 17.4. The predicted octanol–water partition coefficient (Wildman–Crippen LogP) is 5.05. The summed E-state index contributed by atoms with van der Waals surface area (Å²) in [5.41, 5.74) is 16.2. The van der Waals surface area contributed by atoms with Gasteiger partial charge in [0.2, 0.25) is 5.91 Å². The van der Waals surface area contributed by atoms with Crippen LogP contribution in [0, 0.1) is 11.8 Å². The summed E-state index contributed by atoms with van der Waals surface area (Å²) in [6.45, 7) is 9.29. The summed E-state index contributed by atoms with van der Waals surface area (Å²) in [6, 6.07) is 6.98. The van der Waals surface area contributed by atoms with E-state index in [1.165, 1.54) is 31.2 Å². The van der Waals surface area contributed by atoms with Gasteiger partial charge in [-0.1, -0.05) is 25.3 Å². The molecule has 1 aromatic carbocycles. The lowest BCUT2D eigenvalue weighted by molar-refractivity contribution is -0.197. The second kappa shape index (κ2) is 12.9. The van der Waals surface area contributed by atoms with Gasteiger partial charge in [-0.25, -0.2) is 15.0 Å². The van der Waals surface area contributed by atoms with E-state index in [1.807, 2.05) is 30.5 Å². The van der Waals surface area contributed by atoms with Gasteiger partial charge in [0.1, 0.15) is 24.1 Å². The Morgan fingerprint density at radius 2 is 1.87 bits per heavy atom. The van der Waals surface area contributed by atoms with Crippen molar-refractivity contribution in [2.45, 2.75) is 128 Å². The van der Waals surface area contributed by atoms with E-state index in [4.69, 9.17) is 25.7 Å². The average Bonchev–Trinajstić information content (AvgIpc) is 3.64. The molecular formula is C35H50N8O4. The van der Waals surface area contributed by atoms with Crippen molar-refractivity contribution in [2.75, 3.05) is 23.3 Å². The maximum atomic E-state index is 12.8. The van der Waals surface area contributed by atoms with Crippen molar-refractivity contribution < 1.29 is 19.0 Å². The molecule has 4 fully saturated rings. The highest BCUT2D eigenvalue weighted by Crippen LogP contribution is 2.45. The number of hydrogen-bond acceptors (Lipinski definition) is 10. The van der Waals surface area contributed by atoms with Gasteiger partial charge in [0.15, 0.2) is 23.5 Å². The molecule has 47 heavy (non-hydrogen) atoms. The smallest absolute Gasteiger partial charge is 0.224 e. The molecule has 2 aliphatic carbocycles. The zero-order chi connectivity index (χ0) is 32.9. The first-order chi connectivity index (χ1) is 22.5. The van der Waals surface area contributed by atoms with E-state index in [1.54, 1.807) is 6.33 Å². The lowest BCUT2D eigenvalue weighted by atomic mass is 9.76. The van der Waals surface area contributed by atoms with Gasteiger partial charge in [-0.2, -0.15) is 0 Å². The number of nitrogens with zero attached hydrogens (tertiary/aromatic N) is 5. The monoisotopic (exact) mass is 646 g/mol. The van der Waals surface area contributed by atoms with Gasteiger partial charge < -0.3 is 31.0 Å². The Kier molecular flexibility index (Phi) is 8.88. The van der Waals surface area contributed by atoms with E-state index in [9.17, 15) is 4.79 Å². The number of benzene rings is 1. The molecule has 12 nitrogen and oxygen atoms in total. The molecule has 2 aliphatic heterocycles. The van der Waals surface area contributed by atoms with Crippen LogP contribution in [0.5, 0.6) is 0 Å². The van der Waals surface area contributed by atoms with Gasteiger partial charge in [0, 0.05) is 25.0 Å². The summed E-state index contributed by atoms with van der Waals surface area (Å²) in [4.78, 5) is 28.3. The normalized spacial score (nSPS) is 28.5. The number of rotatable bonds is 12. The Bertz CT molecular complexity index is 1580. The molecule has 7 rings (SSSR count). The zero-order valence-corrected chi connectivity index (χ0v) is 28.1. The molecule has 12 heteroatoms. The summed E-state index contributed by atoms with van der Waals surface area (Å²) in [5, 5.41) is 3.05. The summed E-state index contributed by atoms with van der Waals surface area (Å²) in [7, 11) is 0. The fourth-order valence-corrected chi connectivity index (χ4v) is 7.95. The van der Waals surface area contributed by atoms with Crippen LogP contribution in [0.15, 0.2) is 30.9 Å². The quantitative estimate of drug-likeness (QED) is 0.228. The summed E-state index contributed by atoms with van der Waals surface area (Å²) in [6.07, 6.45) is 11.5. The third kappa shape index (κ3) is 6.70. The van der Waals surface area contributed by atoms with Crippen molar-refractivity contribution in [3.63, 3.8) is 0 Å². The molecule has 4 heterocycles. The third-order valence-electron chi connectivity index (χ3n) is 10.7. The first kappa shape index (κ1) is 32.2. The van der Waals surface area contributed by atoms with E-state index in [0.29, 0.717) is 47.1 Å². The van der Waals surface area contributed by atoms with E-state index < -0.39 is 12.0 Å². The second-order valence-corrected chi connectivity index (χ2v) is 14.8. The van der Waals surface area contributed by atoms with Gasteiger partial charge in [-0.05, 0) is 89.3 Å². The third-order valence-corrected chi connectivity index (χ3v) is 10.7. The van der Waals surface area contributed by atoms with Gasteiger partial charge in [0.05, 0.1) is 23.8 Å². The molecule has 0 radical (unpaired) electrons.